The Morgan fingerprint density at radius 1 is 1.25 bits per heavy atom. The maximum absolute atomic E-state index is 12.8. The fourth-order valence-corrected chi connectivity index (χ4v) is 4.58. The number of amides is 2. The molecule has 0 unspecified atom stereocenters. The summed E-state index contributed by atoms with van der Waals surface area (Å²) in [6, 6.07) is 12.5. The first-order chi connectivity index (χ1) is 15.2. The van der Waals surface area contributed by atoms with Gasteiger partial charge in [-0.05, 0) is 48.5 Å². The zero-order valence-electron chi connectivity index (χ0n) is 17.2. The number of ether oxygens (including phenoxy) is 1. The second-order valence-electron chi connectivity index (χ2n) is 6.76. The lowest BCUT2D eigenvalue weighted by Crippen LogP contribution is -2.33. The third kappa shape index (κ3) is 5.75. The lowest BCUT2D eigenvalue weighted by atomic mass is 10.2. The number of rotatable bonds is 8. The van der Waals surface area contributed by atoms with Gasteiger partial charge in [0.1, 0.15) is 11.0 Å². The summed E-state index contributed by atoms with van der Waals surface area (Å²) in [4.78, 5) is 31.2. The second kappa shape index (κ2) is 9.98. The van der Waals surface area contributed by atoms with E-state index in [2.05, 4.69) is 16.9 Å². The van der Waals surface area contributed by atoms with Crippen molar-refractivity contribution in [1.29, 1.82) is 0 Å². The molecule has 1 fully saturated rings. The van der Waals surface area contributed by atoms with Gasteiger partial charge in [0.05, 0.1) is 17.7 Å². The number of sulfonamides is 1. The molecule has 2 aromatic rings. The fourth-order valence-electron chi connectivity index (χ4n) is 2.90. The molecule has 1 saturated heterocycles. The highest BCUT2D eigenvalue weighted by atomic mass is 32.2. The van der Waals surface area contributed by atoms with Crippen LogP contribution in [0.15, 0.2) is 71.1 Å². The van der Waals surface area contributed by atoms with Crippen molar-refractivity contribution in [2.75, 3.05) is 19.0 Å². The van der Waals surface area contributed by atoms with Gasteiger partial charge >= 0.3 is 0 Å². The van der Waals surface area contributed by atoms with Gasteiger partial charge in [0, 0.05) is 18.7 Å². The van der Waals surface area contributed by atoms with Gasteiger partial charge in [-0.1, -0.05) is 17.8 Å². The Kier molecular flexibility index (Phi) is 7.33. The number of carbonyl (C=O) groups excluding carboxylic acids is 2. The highest BCUT2D eigenvalue weighted by Gasteiger charge is 2.38. The summed E-state index contributed by atoms with van der Waals surface area (Å²) in [5.74, 6) is 0.112. The Balaban J connectivity index is 1.73. The molecule has 1 aliphatic heterocycles. The molecule has 3 rings (SSSR count). The average molecular weight is 475 g/mol. The van der Waals surface area contributed by atoms with E-state index in [1.807, 2.05) is 0 Å². The SMILES string of the molecule is C=CCN1C(=O)[C@H](CC(=O)Nc2ccc(OC)cc2)SC1=Nc1ccc(S(N)(=O)=O)cc1. The van der Waals surface area contributed by atoms with Crippen molar-refractivity contribution in [3.8, 4) is 5.75 Å². The normalized spacial score (nSPS) is 17.4. The molecule has 1 heterocycles. The summed E-state index contributed by atoms with van der Waals surface area (Å²) in [6.07, 6.45) is 1.53. The predicted octanol–water partition coefficient (Wildman–Crippen LogP) is 2.49. The number of aliphatic imine (C=N–C) groups is 1. The summed E-state index contributed by atoms with van der Waals surface area (Å²) < 4.78 is 27.9. The van der Waals surface area contributed by atoms with Crippen LogP contribution in [0.25, 0.3) is 0 Å². The number of methoxy groups -OCH3 is 1. The first kappa shape index (κ1) is 23.5. The van der Waals surface area contributed by atoms with Crippen LogP contribution in [-0.4, -0.2) is 49.2 Å². The van der Waals surface area contributed by atoms with Gasteiger partial charge in [-0.3, -0.25) is 14.5 Å². The Morgan fingerprint density at radius 2 is 1.91 bits per heavy atom. The fraction of sp³-hybridized carbons (Fsp3) is 0.190. The molecule has 0 aromatic heterocycles. The third-order valence-electron chi connectivity index (χ3n) is 4.47. The van der Waals surface area contributed by atoms with Crippen molar-refractivity contribution in [2.24, 2.45) is 10.1 Å². The molecule has 1 atom stereocenters. The number of hydrogen-bond acceptors (Lipinski definition) is 7. The van der Waals surface area contributed by atoms with Crippen LogP contribution in [0, 0.1) is 0 Å². The molecule has 3 N–H and O–H groups in total. The number of nitrogens with zero attached hydrogens (tertiary/aromatic N) is 2. The predicted molar refractivity (Wildman–Crippen MR) is 124 cm³/mol. The van der Waals surface area contributed by atoms with Crippen molar-refractivity contribution in [3.63, 3.8) is 0 Å². The van der Waals surface area contributed by atoms with Crippen LogP contribution >= 0.6 is 11.8 Å². The Bertz CT molecular complexity index is 1150. The maximum atomic E-state index is 12.8. The molecule has 32 heavy (non-hydrogen) atoms. The molecular formula is C21H22N4O5S2. The van der Waals surface area contributed by atoms with E-state index < -0.39 is 15.3 Å². The number of nitrogens with two attached hydrogens (primary N) is 1. The molecule has 1 aliphatic rings. The first-order valence-corrected chi connectivity index (χ1v) is 11.9. The first-order valence-electron chi connectivity index (χ1n) is 9.45. The minimum absolute atomic E-state index is 0.0346. The topological polar surface area (TPSA) is 131 Å². The van der Waals surface area contributed by atoms with Crippen LogP contribution in [0.3, 0.4) is 0 Å². The number of anilines is 1. The molecule has 0 spiro atoms. The second-order valence-corrected chi connectivity index (χ2v) is 9.49. The summed E-state index contributed by atoms with van der Waals surface area (Å²) >= 11 is 1.17. The van der Waals surface area contributed by atoms with Gasteiger partial charge in [0.15, 0.2) is 5.17 Å². The van der Waals surface area contributed by atoms with Crippen molar-refractivity contribution < 1.29 is 22.7 Å². The monoisotopic (exact) mass is 474 g/mol. The van der Waals surface area contributed by atoms with E-state index in [1.165, 1.54) is 40.9 Å². The summed E-state index contributed by atoms with van der Waals surface area (Å²) in [6.45, 7) is 3.90. The lowest BCUT2D eigenvalue weighted by Gasteiger charge is -2.14. The van der Waals surface area contributed by atoms with Crippen LogP contribution in [0.1, 0.15) is 6.42 Å². The van der Waals surface area contributed by atoms with Crippen molar-refractivity contribution in [3.05, 3.63) is 61.2 Å². The van der Waals surface area contributed by atoms with E-state index >= 15 is 0 Å². The van der Waals surface area contributed by atoms with E-state index in [4.69, 9.17) is 9.88 Å². The van der Waals surface area contributed by atoms with Gasteiger partial charge in [-0.2, -0.15) is 0 Å². The van der Waals surface area contributed by atoms with E-state index in [-0.39, 0.29) is 29.7 Å². The van der Waals surface area contributed by atoms with E-state index in [0.717, 1.165) is 0 Å². The number of benzene rings is 2. The largest absolute Gasteiger partial charge is 0.497 e. The number of carbonyl (C=O) groups is 2. The van der Waals surface area contributed by atoms with Crippen molar-refractivity contribution in [2.45, 2.75) is 16.6 Å². The zero-order valence-corrected chi connectivity index (χ0v) is 18.9. The Hall–Kier alpha value is -3.15. The lowest BCUT2D eigenvalue weighted by molar-refractivity contribution is -0.127. The van der Waals surface area contributed by atoms with Crippen LogP contribution in [-0.2, 0) is 19.6 Å². The average Bonchev–Trinajstić information content (AvgIpc) is 3.03. The smallest absolute Gasteiger partial charge is 0.242 e. The molecule has 2 amide bonds. The zero-order chi connectivity index (χ0) is 23.3. The standard InChI is InChI=1S/C21H22N4O5S2/c1-3-12-25-20(27)18(13-19(26)23-14-4-8-16(30-2)9-5-14)31-21(25)24-15-6-10-17(11-7-15)32(22,28)29/h3-11,18H,1,12-13H2,2H3,(H,23,26)(H2,22,28,29)/t18-/m0/s1. The Morgan fingerprint density at radius 3 is 2.47 bits per heavy atom. The number of thioether (sulfide) groups is 1. The minimum Gasteiger partial charge on any atom is -0.497 e. The van der Waals surface area contributed by atoms with Crippen LogP contribution in [0.4, 0.5) is 11.4 Å². The number of nitrogens with one attached hydrogen (secondary N) is 1. The van der Waals surface area contributed by atoms with Gasteiger partial charge in [-0.15, -0.1) is 6.58 Å². The molecular weight excluding hydrogens is 452 g/mol. The minimum atomic E-state index is -3.81. The van der Waals surface area contributed by atoms with Crippen LogP contribution in [0.2, 0.25) is 0 Å². The molecule has 0 saturated carbocycles. The molecule has 9 nitrogen and oxygen atoms in total. The van der Waals surface area contributed by atoms with Gasteiger partial charge in [0.2, 0.25) is 21.8 Å². The number of amidine groups is 1. The Labute approximate surface area is 190 Å². The summed E-state index contributed by atoms with van der Waals surface area (Å²) in [5.41, 5.74) is 1.04. The molecule has 0 bridgehead atoms. The van der Waals surface area contributed by atoms with Gasteiger partial charge < -0.3 is 10.1 Å². The maximum Gasteiger partial charge on any atom is 0.242 e. The van der Waals surface area contributed by atoms with E-state index in [0.29, 0.717) is 22.3 Å². The van der Waals surface area contributed by atoms with Crippen LogP contribution < -0.4 is 15.2 Å². The molecule has 11 heteroatoms. The molecule has 2 aromatic carbocycles. The summed E-state index contributed by atoms with van der Waals surface area (Å²) in [5, 5.41) is 7.63. The highest BCUT2D eigenvalue weighted by molar-refractivity contribution is 8.15. The van der Waals surface area contributed by atoms with Gasteiger partial charge in [-0.25, -0.2) is 18.5 Å². The number of hydrogen-bond donors (Lipinski definition) is 2. The van der Waals surface area contributed by atoms with E-state index in [1.54, 1.807) is 37.5 Å². The third-order valence-corrected chi connectivity index (χ3v) is 6.57. The van der Waals surface area contributed by atoms with Crippen LogP contribution in [0.5, 0.6) is 5.75 Å². The summed E-state index contributed by atoms with van der Waals surface area (Å²) in [7, 11) is -2.26. The van der Waals surface area contributed by atoms with Crippen molar-refractivity contribution >= 4 is 50.1 Å². The molecule has 168 valence electrons. The highest BCUT2D eigenvalue weighted by Crippen LogP contribution is 2.32. The van der Waals surface area contributed by atoms with Gasteiger partial charge in [0.25, 0.3) is 0 Å². The number of primary sulfonamides is 1. The van der Waals surface area contributed by atoms with Crippen molar-refractivity contribution in [1.82, 2.24) is 4.90 Å². The van der Waals surface area contributed by atoms with E-state index in [9.17, 15) is 18.0 Å². The molecule has 0 radical (unpaired) electrons. The molecule has 0 aliphatic carbocycles. The quantitative estimate of drug-likeness (QED) is 0.565.